The van der Waals surface area contributed by atoms with Crippen LogP contribution in [0.25, 0.3) is 39.0 Å². The van der Waals surface area contributed by atoms with E-state index in [-0.39, 0.29) is 0 Å². The molecule has 2 N–H and O–H groups in total. The Morgan fingerprint density at radius 2 is 1.70 bits per heavy atom. The number of H-pyrrole nitrogens is 1. The van der Waals surface area contributed by atoms with Gasteiger partial charge in [-0.2, -0.15) is 0 Å². The van der Waals surface area contributed by atoms with Crippen molar-refractivity contribution in [2.75, 3.05) is 0 Å². The van der Waals surface area contributed by atoms with Gasteiger partial charge in [0.05, 0.1) is 0 Å². The minimum absolute atomic E-state index is 0.545. The molecule has 0 saturated heterocycles. The Morgan fingerprint density at radius 1 is 1.00 bits per heavy atom. The van der Waals surface area contributed by atoms with E-state index in [1.165, 1.54) is 11.3 Å². The summed E-state index contributed by atoms with van der Waals surface area (Å²) in [5, 5.41) is 22.9. The van der Waals surface area contributed by atoms with E-state index in [0.29, 0.717) is 5.82 Å². The summed E-state index contributed by atoms with van der Waals surface area (Å²) in [7, 11) is 0. The lowest BCUT2D eigenvalue weighted by Crippen LogP contribution is -1.84. The second kappa shape index (κ2) is 7.35. The van der Waals surface area contributed by atoms with Crippen molar-refractivity contribution in [1.82, 2.24) is 20.6 Å². The number of nitrogens with one attached hydrogen (secondary N) is 1. The molecule has 6 nitrogen and oxygen atoms in total. The van der Waals surface area contributed by atoms with Gasteiger partial charge in [0.2, 0.25) is 0 Å². The summed E-state index contributed by atoms with van der Waals surface area (Å²) in [5.74, 6) is -0.441. The molecule has 0 atom stereocenters. The standard InChI is InChI=1S/C20H14N4O2S/c25-18(26)11-10-16-12-17(20-21-23-24-22-20)19(27-16)15-8-6-14(7-9-15)13-4-2-1-3-5-13/h1-12H,(H,25,26)(H,21,22,23,24)/b11-10+. The maximum atomic E-state index is 10.8. The molecule has 0 unspecified atom stereocenters. The van der Waals surface area contributed by atoms with Crippen molar-refractivity contribution in [2.24, 2.45) is 0 Å². The molecule has 0 radical (unpaired) electrons. The number of nitrogens with zero attached hydrogens (tertiary/aromatic N) is 3. The number of aromatic amines is 1. The molecule has 0 aliphatic rings. The van der Waals surface area contributed by atoms with Crippen LogP contribution in [-0.2, 0) is 4.79 Å². The molecule has 7 heteroatoms. The highest BCUT2D eigenvalue weighted by Gasteiger charge is 2.15. The van der Waals surface area contributed by atoms with Gasteiger partial charge in [-0.3, -0.25) is 0 Å². The van der Waals surface area contributed by atoms with Gasteiger partial charge in [0.25, 0.3) is 0 Å². The van der Waals surface area contributed by atoms with Crippen molar-refractivity contribution in [3.63, 3.8) is 0 Å². The molecule has 0 spiro atoms. The first-order valence-electron chi connectivity index (χ1n) is 8.15. The molecule has 0 saturated carbocycles. The van der Waals surface area contributed by atoms with E-state index in [9.17, 15) is 4.79 Å². The fourth-order valence-electron chi connectivity index (χ4n) is 2.75. The second-order valence-corrected chi connectivity index (χ2v) is 6.84. The second-order valence-electron chi connectivity index (χ2n) is 5.76. The molecule has 4 rings (SSSR count). The minimum atomic E-state index is -0.986. The Bertz CT molecular complexity index is 1080. The number of thiophene rings is 1. The van der Waals surface area contributed by atoms with E-state index in [1.54, 1.807) is 6.08 Å². The molecule has 2 heterocycles. The third-order valence-corrected chi connectivity index (χ3v) is 5.15. The van der Waals surface area contributed by atoms with Gasteiger partial charge in [0, 0.05) is 21.4 Å². The summed E-state index contributed by atoms with van der Waals surface area (Å²) in [6.07, 6.45) is 2.69. The van der Waals surface area contributed by atoms with Crippen molar-refractivity contribution in [1.29, 1.82) is 0 Å². The summed E-state index contributed by atoms with van der Waals surface area (Å²) in [5.41, 5.74) is 4.13. The maximum absolute atomic E-state index is 10.8. The van der Waals surface area contributed by atoms with Crippen molar-refractivity contribution in [3.8, 4) is 33.0 Å². The molecule has 27 heavy (non-hydrogen) atoms. The Kier molecular flexibility index (Phi) is 4.59. The fraction of sp³-hybridized carbons (Fsp3) is 0. The molecule has 0 aliphatic carbocycles. The van der Waals surface area contributed by atoms with Gasteiger partial charge in [0.1, 0.15) is 0 Å². The van der Waals surface area contributed by atoms with E-state index < -0.39 is 5.97 Å². The zero-order valence-electron chi connectivity index (χ0n) is 14.0. The largest absolute Gasteiger partial charge is 0.478 e. The van der Waals surface area contributed by atoms with E-state index in [0.717, 1.165) is 38.1 Å². The molecule has 132 valence electrons. The number of carboxylic acids is 1. The van der Waals surface area contributed by atoms with Gasteiger partial charge in [-0.05, 0) is 39.3 Å². The van der Waals surface area contributed by atoms with Gasteiger partial charge in [-0.25, -0.2) is 9.89 Å². The highest BCUT2D eigenvalue weighted by Crippen LogP contribution is 2.39. The first-order chi connectivity index (χ1) is 13.2. The van der Waals surface area contributed by atoms with Gasteiger partial charge in [-0.1, -0.05) is 54.6 Å². The lowest BCUT2D eigenvalue weighted by atomic mass is 10.0. The number of rotatable bonds is 5. The molecule has 2 aromatic heterocycles. The quantitative estimate of drug-likeness (QED) is 0.506. The number of carbonyl (C=O) groups is 1. The zero-order valence-corrected chi connectivity index (χ0v) is 14.9. The van der Waals surface area contributed by atoms with E-state index in [1.807, 2.05) is 36.4 Å². The summed E-state index contributed by atoms with van der Waals surface area (Å²) in [6, 6.07) is 20.3. The summed E-state index contributed by atoms with van der Waals surface area (Å²) < 4.78 is 0. The average Bonchev–Trinajstić information content (AvgIpc) is 3.37. The molecule has 0 fully saturated rings. The van der Waals surface area contributed by atoms with Gasteiger partial charge >= 0.3 is 5.97 Å². The normalized spacial score (nSPS) is 11.1. The molecule has 2 aromatic carbocycles. The van der Waals surface area contributed by atoms with Crippen molar-refractivity contribution in [2.45, 2.75) is 0 Å². The van der Waals surface area contributed by atoms with Crippen LogP contribution in [0, 0.1) is 0 Å². The van der Waals surface area contributed by atoms with Crippen LogP contribution in [0.1, 0.15) is 4.88 Å². The lowest BCUT2D eigenvalue weighted by molar-refractivity contribution is -0.131. The smallest absolute Gasteiger partial charge is 0.328 e. The molecule has 0 aliphatic heterocycles. The fourth-order valence-corrected chi connectivity index (χ4v) is 3.82. The van der Waals surface area contributed by atoms with Gasteiger partial charge in [-0.15, -0.1) is 16.4 Å². The predicted octanol–water partition coefficient (Wildman–Crippen LogP) is 4.36. The Hall–Kier alpha value is -3.58. The van der Waals surface area contributed by atoms with Crippen molar-refractivity contribution < 1.29 is 9.90 Å². The highest BCUT2D eigenvalue weighted by atomic mass is 32.1. The van der Waals surface area contributed by atoms with Crippen LogP contribution < -0.4 is 0 Å². The average molecular weight is 374 g/mol. The van der Waals surface area contributed by atoms with Crippen molar-refractivity contribution in [3.05, 3.63) is 71.6 Å². The van der Waals surface area contributed by atoms with Gasteiger partial charge in [0.15, 0.2) is 5.82 Å². The topological polar surface area (TPSA) is 91.8 Å². The number of hydrogen-bond acceptors (Lipinski definition) is 5. The first-order valence-corrected chi connectivity index (χ1v) is 8.97. The maximum Gasteiger partial charge on any atom is 0.328 e. The van der Waals surface area contributed by atoms with Crippen LogP contribution in [0.4, 0.5) is 0 Å². The molecule has 4 aromatic rings. The number of hydrogen-bond donors (Lipinski definition) is 2. The number of benzene rings is 2. The first kappa shape index (κ1) is 16.9. The van der Waals surface area contributed by atoms with E-state index >= 15 is 0 Å². The lowest BCUT2D eigenvalue weighted by Gasteiger charge is -2.04. The summed E-state index contributed by atoms with van der Waals surface area (Å²) in [6.45, 7) is 0. The Morgan fingerprint density at radius 3 is 2.37 bits per heavy atom. The van der Waals surface area contributed by atoms with Crippen LogP contribution in [0.5, 0.6) is 0 Å². The number of carboxylic acid groups (broad SMARTS) is 1. The van der Waals surface area contributed by atoms with Crippen LogP contribution in [0.2, 0.25) is 0 Å². The van der Waals surface area contributed by atoms with Crippen LogP contribution in [0.15, 0.2) is 66.7 Å². The minimum Gasteiger partial charge on any atom is -0.478 e. The van der Waals surface area contributed by atoms with E-state index in [4.69, 9.17) is 5.11 Å². The molecular weight excluding hydrogens is 360 g/mol. The number of tetrazole rings is 1. The van der Waals surface area contributed by atoms with Crippen LogP contribution in [0.3, 0.4) is 0 Å². The molecule has 0 amide bonds. The number of aliphatic carboxylic acids is 1. The third kappa shape index (κ3) is 3.68. The van der Waals surface area contributed by atoms with Gasteiger partial charge < -0.3 is 5.11 Å². The summed E-state index contributed by atoms with van der Waals surface area (Å²) >= 11 is 1.49. The van der Waals surface area contributed by atoms with Crippen LogP contribution in [-0.4, -0.2) is 31.7 Å². The predicted molar refractivity (Wildman–Crippen MR) is 105 cm³/mol. The SMILES string of the molecule is O=C(O)/C=C/c1cc(-c2nnn[nH]2)c(-c2ccc(-c3ccccc3)cc2)s1. The Labute approximate surface area is 158 Å². The molecular formula is C20H14N4O2S. The Balaban J connectivity index is 1.75. The third-order valence-electron chi connectivity index (χ3n) is 4.00. The van der Waals surface area contributed by atoms with Crippen LogP contribution >= 0.6 is 11.3 Å². The monoisotopic (exact) mass is 374 g/mol. The zero-order chi connectivity index (χ0) is 18.6. The van der Waals surface area contributed by atoms with Crippen molar-refractivity contribution >= 4 is 23.4 Å². The highest BCUT2D eigenvalue weighted by molar-refractivity contribution is 7.17. The van der Waals surface area contributed by atoms with E-state index in [2.05, 4.69) is 44.9 Å². The summed E-state index contributed by atoms with van der Waals surface area (Å²) in [4.78, 5) is 12.6. The molecule has 0 bridgehead atoms. The number of aromatic nitrogens is 4.